The SMILES string of the molecule is O=C1C=CC(=O)OC2(O1)C(c1ccc3ccccc3c1)=C1CCN2CC1. The third-order valence-electron chi connectivity index (χ3n) is 5.32. The second-order valence-corrected chi connectivity index (χ2v) is 6.78. The van der Waals surface area contributed by atoms with Crippen LogP contribution in [0.3, 0.4) is 0 Å². The fourth-order valence-corrected chi connectivity index (χ4v) is 4.16. The molecule has 1 fully saturated rings. The summed E-state index contributed by atoms with van der Waals surface area (Å²) >= 11 is 0. The summed E-state index contributed by atoms with van der Waals surface area (Å²) in [4.78, 5) is 26.3. The van der Waals surface area contributed by atoms with Gasteiger partial charge in [-0.2, -0.15) is 0 Å². The second-order valence-electron chi connectivity index (χ2n) is 6.78. The van der Waals surface area contributed by atoms with Crippen LogP contribution in [0, 0.1) is 0 Å². The van der Waals surface area contributed by atoms with Crippen LogP contribution < -0.4 is 0 Å². The van der Waals surface area contributed by atoms with Crippen molar-refractivity contribution in [1.82, 2.24) is 4.90 Å². The van der Waals surface area contributed by atoms with Crippen molar-refractivity contribution < 1.29 is 19.1 Å². The normalized spacial score (nSPS) is 21.8. The predicted octanol–water partition coefficient (Wildman–Crippen LogP) is 3.01. The Morgan fingerprint density at radius 2 is 1.50 bits per heavy atom. The molecule has 0 amide bonds. The fourth-order valence-electron chi connectivity index (χ4n) is 4.16. The van der Waals surface area contributed by atoms with Crippen molar-refractivity contribution in [2.24, 2.45) is 0 Å². The monoisotopic (exact) mass is 347 g/mol. The van der Waals surface area contributed by atoms with Gasteiger partial charge in [-0.1, -0.05) is 42.0 Å². The number of carbonyl (C=O) groups is 2. The topological polar surface area (TPSA) is 55.8 Å². The lowest BCUT2D eigenvalue weighted by Crippen LogP contribution is -2.60. The number of benzene rings is 2. The van der Waals surface area contributed by atoms with Gasteiger partial charge in [-0.3, -0.25) is 0 Å². The van der Waals surface area contributed by atoms with E-state index >= 15 is 0 Å². The van der Waals surface area contributed by atoms with Gasteiger partial charge in [0.25, 0.3) is 0 Å². The molecule has 4 aliphatic rings. The summed E-state index contributed by atoms with van der Waals surface area (Å²) in [5, 5.41) is 2.22. The first kappa shape index (κ1) is 15.3. The van der Waals surface area contributed by atoms with Crippen molar-refractivity contribution in [1.29, 1.82) is 0 Å². The molecule has 0 aromatic heterocycles. The Labute approximate surface area is 150 Å². The van der Waals surface area contributed by atoms with Crippen molar-refractivity contribution in [3.8, 4) is 0 Å². The number of piperidine rings is 1. The number of hydrogen-bond donors (Lipinski definition) is 0. The van der Waals surface area contributed by atoms with Gasteiger partial charge in [0.2, 0.25) is 0 Å². The molecule has 5 heteroatoms. The zero-order valence-electron chi connectivity index (χ0n) is 14.1. The van der Waals surface area contributed by atoms with Crippen LogP contribution >= 0.6 is 0 Å². The largest absolute Gasteiger partial charge is 0.401 e. The molecule has 4 aliphatic heterocycles. The van der Waals surface area contributed by atoms with E-state index in [-0.39, 0.29) is 0 Å². The summed E-state index contributed by atoms with van der Waals surface area (Å²) in [6.07, 6.45) is 4.02. The molecule has 2 aromatic carbocycles. The molecule has 0 atom stereocenters. The minimum atomic E-state index is -1.47. The first-order chi connectivity index (χ1) is 12.7. The Bertz CT molecular complexity index is 974. The van der Waals surface area contributed by atoms with Crippen molar-refractivity contribution in [3.63, 3.8) is 0 Å². The van der Waals surface area contributed by atoms with E-state index in [0.717, 1.165) is 46.9 Å². The summed E-state index contributed by atoms with van der Waals surface area (Å²) < 4.78 is 11.4. The molecule has 6 rings (SSSR count). The van der Waals surface area contributed by atoms with Gasteiger partial charge in [-0.25, -0.2) is 14.5 Å². The fraction of sp³-hybridized carbons (Fsp3) is 0.238. The van der Waals surface area contributed by atoms with Crippen LogP contribution in [0.15, 0.2) is 60.2 Å². The van der Waals surface area contributed by atoms with Gasteiger partial charge in [-0.15, -0.1) is 0 Å². The zero-order chi connectivity index (χ0) is 17.7. The predicted molar refractivity (Wildman–Crippen MR) is 95.7 cm³/mol. The maximum absolute atomic E-state index is 12.2. The van der Waals surface area contributed by atoms with Crippen LogP contribution in [0.5, 0.6) is 0 Å². The number of hydrogen-bond acceptors (Lipinski definition) is 5. The van der Waals surface area contributed by atoms with Crippen LogP contribution in [0.25, 0.3) is 16.3 Å². The number of nitrogens with zero attached hydrogens (tertiary/aromatic N) is 1. The molecule has 4 heterocycles. The zero-order valence-corrected chi connectivity index (χ0v) is 14.1. The van der Waals surface area contributed by atoms with Gasteiger partial charge in [0.05, 0.1) is 5.57 Å². The number of carbonyl (C=O) groups excluding carboxylic acids is 2. The third kappa shape index (κ3) is 2.21. The van der Waals surface area contributed by atoms with Crippen molar-refractivity contribution in [3.05, 3.63) is 65.8 Å². The molecule has 26 heavy (non-hydrogen) atoms. The van der Waals surface area contributed by atoms with Gasteiger partial charge >= 0.3 is 17.8 Å². The van der Waals surface area contributed by atoms with Crippen molar-refractivity contribution in [2.75, 3.05) is 13.1 Å². The molecule has 5 nitrogen and oxygen atoms in total. The lowest BCUT2D eigenvalue weighted by molar-refractivity contribution is -0.256. The number of esters is 2. The third-order valence-corrected chi connectivity index (χ3v) is 5.32. The second kappa shape index (κ2) is 5.54. The minimum Gasteiger partial charge on any atom is -0.401 e. The average Bonchev–Trinajstić information content (AvgIpc) is 2.80. The lowest BCUT2D eigenvalue weighted by atomic mass is 9.84. The standard InChI is InChI=1S/C21H17NO4/c23-18-7-8-19(24)26-21(25-18)20(15-9-11-22(21)12-10-15)17-6-5-14-3-1-2-4-16(14)13-17/h1-8,13H,9-12H2. The Morgan fingerprint density at radius 1 is 0.846 bits per heavy atom. The molecule has 0 radical (unpaired) electrons. The first-order valence-electron chi connectivity index (χ1n) is 8.76. The molecule has 1 spiro atoms. The molecule has 0 N–H and O–H groups in total. The molecule has 0 aliphatic carbocycles. The van der Waals surface area contributed by atoms with Gasteiger partial charge in [-0.05, 0) is 35.2 Å². The molecular formula is C21H17NO4. The highest BCUT2D eigenvalue weighted by atomic mass is 16.8. The highest BCUT2D eigenvalue weighted by Crippen LogP contribution is 2.47. The molecule has 2 aromatic rings. The van der Waals surface area contributed by atoms with Crippen LogP contribution in [-0.2, 0) is 19.1 Å². The highest BCUT2D eigenvalue weighted by Gasteiger charge is 2.55. The Hall–Kier alpha value is -2.92. The van der Waals surface area contributed by atoms with E-state index in [1.807, 2.05) is 35.2 Å². The maximum atomic E-state index is 12.2. The highest BCUT2D eigenvalue weighted by molar-refractivity contribution is 5.96. The van der Waals surface area contributed by atoms with Crippen molar-refractivity contribution >= 4 is 28.3 Å². The quantitative estimate of drug-likeness (QED) is 0.742. The average molecular weight is 347 g/mol. The van der Waals surface area contributed by atoms with E-state index < -0.39 is 17.8 Å². The van der Waals surface area contributed by atoms with Gasteiger partial charge in [0, 0.05) is 25.2 Å². The van der Waals surface area contributed by atoms with E-state index in [0.29, 0.717) is 13.1 Å². The van der Waals surface area contributed by atoms with E-state index in [1.165, 1.54) is 5.57 Å². The molecular weight excluding hydrogens is 330 g/mol. The van der Waals surface area contributed by atoms with Crippen LogP contribution in [0.4, 0.5) is 0 Å². The van der Waals surface area contributed by atoms with E-state index in [4.69, 9.17) is 9.47 Å². The van der Waals surface area contributed by atoms with E-state index in [2.05, 4.69) is 12.1 Å². The molecule has 0 saturated carbocycles. The Kier molecular flexibility index (Phi) is 3.27. The van der Waals surface area contributed by atoms with Gasteiger partial charge in [0.15, 0.2) is 0 Å². The maximum Gasteiger partial charge on any atom is 0.350 e. The van der Waals surface area contributed by atoms with Crippen LogP contribution in [0.2, 0.25) is 0 Å². The molecule has 1 saturated heterocycles. The van der Waals surface area contributed by atoms with Gasteiger partial charge in [0.1, 0.15) is 0 Å². The van der Waals surface area contributed by atoms with E-state index in [9.17, 15) is 9.59 Å². The van der Waals surface area contributed by atoms with Gasteiger partial charge < -0.3 is 9.47 Å². The molecule has 0 unspecified atom stereocenters. The molecule has 130 valence electrons. The number of fused-ring (bicyclic) bond motifs is 3. The van der Waals surface area contributed by atoms with Crippen LogP contribution in [0.1, 0.15) is 18.4 Å². The number of ether oxygens (including phenoxy) is 2. The summed E-state index contributed by atoms with van der Waals surface area (Å²) in [6.45, 7) is 1.40. The summed E-state index contributed by atoms with van der Waals surface area (Å²) in [5.41, 5.74) is 2.90. The molecule has 2 bridgehead atoms. The van der Waals surface area contributed by atoms with E-state index in [1.54, 1.807) is 0 Å². The van der Waals surface area contributed by atoms with Crippen molar-refractivity contribution in [2.45, 2.75) is 18.8 Å². The minimum absolute atomic E-state index is 0.567. The Balaban J connectivity index is 1.72. The summed E-state index contributed by atoms with van der Waals surface area (Å²) in [6, 6.07) is 14.2. The summed E-state index contributed by atoms with van der Waals surface area (Å²) in [5.74, 6) is -2.60. The lowest BCUT2D eigenvalue weighted by Gasteiger charge is -2.49. The first-order valence-corrected chi connectivity index (χ1v) is 8.76. The number of rotatable bonds is 1. The van der Waals surface area contributed by atoms with Crippen LogP contribution in [-0.4, -0.2) is 35.8 Å². The smallest absolute Gasteiger partial charge is 0.350 e. The Morgan fingerprint density at radius 3 is 2.19 bits per heavy atom. The summed E-state index contributed by atoms with van der Waals surface area (Å²) in [7, 11) is 0.